The first-order valence-corrected chi connectivity index (χ1v) is 10.2. The summed E-state index contributed by atoms with van der Waals surface area (Å²) in [6, 6.07) is 12.2. The summed E-state index contributed by atoms with van der Waals surface area (Å²) in [4.78, 5) is 41.2. The van der Waals surface area contributed by atoms with Gasteiger partial charge in [0.1, 0.15) is 0 Å². The number of rotatable bonds is 5. The van der Waals surface area contributed by atoms with Crippen molar-refractivity contribution in [3.63, 3.8) is 0 Å². The number of para-hydroxylation sites is 1. The van der Waals surface area contributed by atoms with Crippen LogP contribution in [0.25, 0.3) is 16.6 Å². The van der Waals surface area contributed by atoms with Gasteiger partial charge in [-0.15, -0.1) is 0 Å². The van der Waals surface area contributed by atoms with E-state index >= 15 is 0 Å². The fourth-order valence-electron chi connectivity index (χ4n) is 2.71. The Labute approximate surface area is 176 Å². The Balaban J connectivity index is 2.04. The lowest BCUT2D eigenvalue weighted by Crippen LogP contribution is -2.32. The third-order valence-electron chi connectivity index (χ3n) is 4.07. The number of thioether (sulfide) groups is 1. The molecule has 0 spiro atoms. The number of ether oxygens (including phenoxy) is 1. The maximum Gasteiger partial charge on any atom is 0.413 e. The summed E-state index contributed by atoms with van der Waals surface area (Å²) in [7, 11) is 0. The van der Waals surface area contributed by atoms with Gasteiger partial charge in [-0.2, -0.15) is 0 Å². The van der Waals surface area contributed by atoms with Crippen LogP contribution in [0.4, 0.5) is 4.79 Å². The number of alkyl carbamates (subject to hydrolysis) is 1. The minimum atomic E-state index is -0.812. The van der Waals surface area contributed by atoms with Crippen molar-refractivity contribution in [3.05, 3.63) is 63.4 Å². The van der Waals surface area contributed by atoms with E-state index in [9.17, 15) is 14.4 Å². The van der Waals surface area contributed by atoms with Gasteiger partial charge in [0, 0.05) is 5.02 Å². The second-order valence-electron chi connectivity index (χ2n) is 5.99. The largest absolute Gasteiger partial charge is 0.450 e. The number of benzene rings is 2. The van der Waals surface area contributed by atoms with Gasteiger partial charge in [0.15, 0.2) is 5.16 Å². The van der Waals surface area contributed by atoms with Gasteiger partial charge in [-0.25, -0.2) is 9.78 Å². The zero-order valence-electron chi connectivity index (χ0n) is 15.8. The zero-order chi connectivity index (χ0) is 21.0. The van der Waals surface area contributed by atoms with Crippen molar-refractivity contribution in [2.24, 2.45) is 0 Å². The van der Waals surface area contributed by atoms with Crippen LogP contribution in [0.3, 0.4) is 0 Å². The van der Waals surface area contributed by atoms with Crippen LogP contribution in [0, 0.1) is 6.92 Å². The maximum absolute atomic E-state index is 13.2. The van der Waals surface area contributed by atoms with E-state index in [0.717, 1.165) is 11.8 Å². The summed E-state index contributed by atoms with van der Waals surface area (Å²) < 4.78 is 6.13. The van der Waals surface area contributed by atoms with Crippen molar-refractivity contribution in [2.75, 3.05) is 12.4 Å². The number of carbonyl (C=O) groups is 2. The molecule has 1 N–H and O–H groups in total. The van der Waals surface area contributed by atoms with Crippen molar-refractivity contribution in [1.29, 1.82) is 0 Å². The summed E-state index contributed by atoms with van der Waals surface area (Å²) >= 11 is 7.29. The molecule has 3 aromatic rings. The number of amides is 2. The average molecular weight is 432 g/mol. The molecule has 0 radical (unpaired) electrons. The number of fused-ring (bicyclic) bond motifs is 1. The third-order valence-corrected chi connectivity index (χ3v) is 5.42. The molecule has 0 fully saturated rings. The molecule has 0 aliphatic heterocycles. The predicted molar refractivity (Wildman–Crippen MR) is 113 cm³/mol. The molecule has 1 heterocycles. The Kier molecular flexibility index (Phi) is 6.56. The molecule has 0 saturated carbocycles. The van der Waals surface area contributed by atoms with Crippen LogP contribution in [0.5, 0.6) is 0 Å². The Hall–Kier alpha value is -2.84. The molecule has 150 valence electrons. The molecule has 0 aliphatic carbocycles. The number of aromatic nitrogens is 2. The molecule has 0 unspecified atom stereocenters. The zero-order valence-corrected chi connectivity index (χ0v) is 17.3. The smallest absolute Gasteiger partial charge is 0.413 e. The normalized spacial score (nSPS) is 10.7. The topological polar surface area (TPSA) is 90.3 Å². The molecular weight excluding hydrogens is 414 g/mol. The highest BCUT2D eigenvalue weighted by Gasteiger charge is 2.17. The van der Waals surface area contributed by atoms with E-state index in [0.29, 0.717) is 32.3 Å². The van der Waals surface area contributed by atoms with Crippen LogP contribution in [0.2, 0.25) is 5.02 Å². The number of halogens is 1. The van der Waals surface area contributed by atoms with Crippen LogP contribution in [0.15, 0.2) is 52.4 Å². The van der Waals surface area contributed by atoms with Crippen molar-refractivity contribution < 1.29 is 14.3 Å². The fourth-order valence-corrected chi connectivity index (χ4v) is 3.68. The second kappa shape index (κ2) is 9.11. The fraction of sp³-hybridized carbons (Fsp3) is 0.200. The summed E-state index contributed by atoms with van der Waals surface area (Å²) in [6.07, 6.45) is -0.812. The van der Waals surface area contributed by atoms with Crippen LogP contribution in [-0.2, 0) is 9.53 Å². The number of nitrogens with one attached hydrogen (secondary N) is 1. The first-order chi connectivity index (χ1) is 13.9. The molecule has 0 bridgehead atoms. The highest BCUT2D eigenvalue weighted by atomic mass is 35.5. The van der Waals surface area contributed by atoms with Gasteiger partial charge >= 0.3 is 6.09 Å². The van der Waals surface area contributed by atoms with Gasteiger partial charge in [-0.3, -0.25) is 19.5 Å². The highest BCUT2D eigenvalue weighted by Crippen LogP contribution is 2.26. The van der Waals surface area contributed by atoms with E-state index in [1.165, 1.54) is 4.57 Å². The number of hydrogen-bond donors (Lipinski definition) is 1. The molecule has 3 rings (SSSR count). The van der Waals surface area contributed by atoms with E-state index in [2.05, 4.69) is 10.3 Å². The van der Waals surface area contributed by atoms with Gasteiger partial charge in [-0.1, -0.05) is 41.6 Å². The molecule has 0 saturated heterocycles. The third kappa shape index (κ3) is 4.60. The van der Waals surface area contributed by atoms with Crippen LogP contribution < -0.4 is 10.9 Å². The lowest BCUT2D eigenvalue weighted by Gasteiger charge is -2.15. The van der Waals surface area contributed by atoms with Crippen LogP contribution >= 0.6 is 23.4 Å². The lowest BCUT2D eigenvalue weighted by molar-refractivity contribution is -0.117. The van der Waals surface area contributed by atoms with Crippen molar-refractivity contribution in [1.82, 2.24) is 14.9 Å². The van der Waals surface area contributed by atoms with Crippen LogP contribution in [0.1, 0.15) is 12.5 Å². The summed E-state index contributed by atoms with van der Waals surface area (Å²) in [5.74, 6) is -0.673. The second-order valence-corrected chi connectivity index (χ2v) is 7.34. The van der Waals surface area contributed by atoms with Gasteiger partial charge in [-0.05, 0) is 43.7 Å². The first kappa shape index (κ1) is 20.9. The van der Waals surface area contributed by atoms with E-state index in [4.69, 9.17) is 16.3 Å². The minimum absolute atomic E-state index is 0.122. The first-order valence-electron chi connectivity index (χ1n) is 8.79. The van der Waals surface area contributed by atoms with E-state index < -0.39 is 12.0 Å². The number of carbonyl (C=O) groups excluding carboxylic acids is 2. The molecule has 7 nitrogen and oxygen atoms in total. The molecular formula is C20H18ClN3O4S. The van der Waals surface area contributed by atoms with Gasteiger partial charge in [0.25, 0.3) is 5.56 Å². The SMILES string of the molecule is CCOC(=O)NC(=O)CSc1nc2ccccc2c(=O)n1-c1cccc(Cl)c1C. The van der Waals surface area contributed by atoms with E-state index in [1.54, 1.807) is 56.3 Å². The molecule has 2 aromatic carbocycles. The Bertz CT molecular complexity index is 1150. The van der Waals surface area contributed by atoms with Gasteiger partial charge in [0.2, 0.25) is 5.91 Å². The Morgan fingerprint density at radius 1 is 1.21 bits per heavy atom. The van der Waals surface area contributed by atoms with Gasteiger partial charge in [0.05, 0.1) is 29.0 Å². The summed E-state index contributed by atoms with van der Waals surface area (Å²) in [6.45, 7) is 3.61. The molecule has 0 aliphatic rings. The van der Waals surface area contributed by atoms with Crippen molar-refractivity contribution >= 4 is 46.3 Å². The molecule has 1 aromatic heterocycles. The molecule has 29 heavy (non-hydrogen) atoms. The highest BCUT2D eigenvalue weighted by molar-refractivity contribution is 7.99. The number of hydrogen-bond acceptors (Lipinski definition) is 6. The van der Waals surface area contributed by atoms with E-state index in [1.807, 2.05) is 0 Å². The predicted octanol–water partition coefficient (Wildman–Crippen LogP) is 3.71. The Morgan fingerprint density at radius 3 is 2.72 bits per heavy atom. The van der Waals surface area contributed by atoms with Gasteiger partial charge < -0.3 is 4.74 Å². The van der Waals surface area contributed by atoms with E-state index in [-0.39, 0.29) is 17.9 Å². The number of nitrogens with zero attached hydrogens (tertiary/aromatic N) is 2. The Morgan fingerprint density at radius 2 is 1.97 bits per heavy atom. The lowest BCUT2D eigenvalue weighted by atomic mass is 10.2. The number of imide groups is 1. The van der Waals surface area contributed by atoms with Crippen molar-refractivity contribution in [2.45, 2.75) is 19.0 Å². The van der Waals surface area contributed by atoms with Crippen molar-refractivity contribution in [3.8, 4) is 5.69 Å². The van der Waals surface area contributed by atoms with Crippen LogP contribution in [-0.4, -0.2) is 33.9 Å². The molecule has 0 atom stereocenters. The minimum Gasteiger partial charge on any atom is -0.450 e. The molecule has 2 amide bonds. The average Bonchev–Trinajstić information content (AvgIpc) is 2.69. The summed E-state index contributed by atoms with van der Waals surface area (Å²) in [5, 5.41) is 3.41. The summed E-state index contributed by atoms with van der Waals surface area (Å²) in [5.41, 5.74) is 1.54. The molecule has 9 heteroatoms. The standard InChI is InChI=1S/C20H18ClN3O4S/c1-3-28-20(27)23-17(25)11-29-19-22-15-9-5-4-7-13(15)18(26)24(19)16-10-6-8-14(21)12(16)2/h4-10H,3,11H2,1-2H3,(H,23,25,27). The quantitative estimate of drug-likeness (QED) is 0.489. The monoisotopic (exact) mass is 431 g/mol. The maximum atomic E-state index is 13.2.